The van der Waals surface area contributed by atoms with Gasteiger partial charge in [-0.25, -0.2) is 9.69 Å². The van der Waals surface area contributed by atoms with Gasteiger partial charge in [-0.15, -0.1) is 0 Å². The van der Waals surface area contributed by atoms with E-state index in [4.69, 9.17) is 11.6 Å². The van der Waals surface area contributed by atoms with E-state index in [-0.39, 0.29) is 27.4 Å². The zero-order valence-corrected chi connectivity index (χ0v) is 12.2. The first-order chi connectivity index (χ1) is 10.4. The van der Waals surface area contributed by atoms with Crippen molar-refractivity contribution in [2.45, 2.75) is 6.92 Å². The number of carbonyl (C=O) groups is 3. The second-order valence-corrected chi connectivity index (χ2v) is 5.29. The number of amides is 2. The van der Waals surface area contributed by atoms with Gasteiger partial charge in [0.15, 0.2) is 0 Å². The van der Waals surface area contributed by atoms with Gasteiger partial charge in [-0.1, -0.05) is 29.8 Å². The quantitative estimate of drug-likeness (QED) is 0.864. The molecular weight excluding hydrogens is 306 g/mol. The number of carboxylic acids is 1. The second kappa shape index (κ2) is 4.96. The molecular formula is C16H10ClNO4. The number of benzene rings is 2. The first-order valence-corrected chi connectivity index (χ1v) is 6.81. The molecule has 1 heterocycles. The van der Waals surface area contributed by atoms with Crippen molar-refractivity contribution in [3.8, 4) is 0 Å². The lowest BCUT2D eigenvalue weighted by Gasteiger charge is -2.19. The van der Waals surface area contributed by atoms with E-state index in [1.165, 1.54) is 18.2 Å². The zero-order chi connectivity index (χ0) is 16.0. The minimum Gasteiger partial charge on any atom is -0.478 e. The summed E-state index contributed by atoms with van der Waals surface area (Å²) < 4.78 is 0. The number of fused-ring (bicyclic) bond motifs is 1. The standard InChI is InChI=1S/C16H10ClNO4/c1-8-6-7-11(17)12(16(21)22)13(8)18-14(19)9-4-2-3-5-10(9)15(18)20/h2-7H,1H3,(H,21,22). The minimum atomic E-state index is -1.29. The van der Waals surface area contributed by atoms with E-state index in [1.54, 1.807) is 25.1 Å². The third kappa shape index (κ3) is 1.90. The molecule has 0 saturated heterocycles. The van der Waals surface area contributed by atoms with E-state index >= 15 is 0 Å². The normalized spacial score (nSPS) is 13.5. The van der Waals surface area contributed by atoms with Crippen molar-refractivity contribution < 1.29 is 19.5 Å². The van der Waals surface area contributed by atoms with Gasteiger partial charge in [0.25, 0.3) is 11.8 Å². The Morgan fingerprint density at radius 1 is 1.05 bits per heavy atom. The number of carboxylic acid groups (broad SMARTS) is 1. The van der Waals surface area contributed by atoms with Crippen LogP contribution in [-0.4, -0.2) is 22.9 Å². The first-order valence-electron chi connectivity index (χ1n) is 6.43. The topological polar surface area (TPSA) is 74.7 Å². The first kappa shape index (κ1) is 14.3. The van der Waals surface area contributed by atoms with Crippen LogP contribution in [0.2, 0.25) is 5.02 Å². The number of anilines is 1. The summed E-state index contributed by atoms with van der Waals surface area (Å²) in [6.45, 7) is 1.63. The molecule has 3 rings (SSSR count). The molecule has 0 radical (unpaired) electrons. The molecule has 1 aliphatic rings. The number of halogens is 1. The van der Waals surface area contributed by atoms with Crippen molar-refractivity contribution in [1.82, 2.24) is 0 Å². The van der Waals surface area contributed by atoms with Crippen molar-refractivity contribution in [3.05, 3.63) is 63.7 Å². The molecule has 0 saturated carbocycles. The highest BCUT2D eigenvalue weighted by Crippen LogP contribution is 2.36. The summed E-state index contributed by atoms with van der Waals surface area (Å²) in [5.74, 6) is -2.39. The highest BCUT2D eigenvalue weighted by Gasteiger charge is 2.39. The van der Waals surface area contributed by atoms with Gasteiger partial charge in [-0.3, -0.25) is 9.59 Å². The average Bonchev–Trinajstić information content (AvgIpc) is 2.73. The molecule has 0 spiro atoms. The number of hydrogen-bond acceptors (Lipinski definition) is 3. The van der Waals surface area contributed by atoms with Gasteiger partial charge in [0, 0.05) is 0 Å². The monoisotopic (exact) mass is 315 g/mol. The molecule has 2 amide bonds. The average molecular weight is 316 g/mol. The number of aryl methyl sites for hydroxylation is 1. The highest BCUT2D eigenvalue weighted by molar-refractivity contribution is 6.38. The fourth-order valence-electron chi connectivity index (χ4n) is 2.55. The molecule has 22 heavy (non-hydrogen) atoms. The van der Waals surface area contributed by atoms with Crippen molar-refractivity contribution >= 4 is 35.1 Å². The van der Waals surface area contributed by atoms with Gasteiger partial charge in [0.05, 0.1) is 21.8 Å². The highest BCUT2D eigenvalue weighted by atomic mass is 35.5. The predicted molar refractivity (Wildman–Crippen MR) is 80.7 cm³/mol. The van der Waals surface area contributed by atoms with Crippen molar-refractivity contribution in [3.63, 3.8) is 0 Å². The van der Waals surface area contributed by atoms with E-state index < -0.39 is 17.8 Å². The molecule has 0 atom stereocenters. The lowest BCUT2D eigenvalue weighted by atomic mass is 10.1. The van der Waals surface area contributed by atoms with Crippen LogP contribution in [0.15, 0.2) is 36.4 Å². The van der Waals surface area contributed by atoms with Crippen LogP contribution in [0.4, 0.5) is 5.69 Å². The molecule has 6 heteroatoms. The van der Waals surface area contributed by atoms with Crippen LogP contribution in [-0.2, 0) is 0 Å². The summed E-state index contributed by atoms with van der Waals surface area (Å²) in [7, 11) is 0. The van der Waals surface area contributed by atoms with E-state index in [0.29, 0.717) is 5.56 Å². The van der Waals surface area contributed by atoms with Gasteiger partial charge in [-0.05, 0) is 30.7 Å². The maximum Gasteiger partial charge on any atom is 0.339 e. The Hall–Kier alpha value is -2.66. The smallest absolute Gasteiger partial charge is 0.339 e. The Kier molecular flexibility index (Phi) is 3.22. The summed E-state index contributed by atoms with van der Waals surface area (Å²) in [5.41, 5.74) is 0.755. The lowest BCUT2D eigenvalue weighted by Crippen LogP contribution is -2.31. The van der Waals surface area contributed by atoms with Gasteiger partial charge in [0.2, 0.25) is 0 Å². The Morgan fingerprint density at radius 3 is 2.09 bits per heavy atom. The molecule has 1 aliphatic heterocycles. The van der Waals surface area contributed by atoms with Crippen LogP contribution in [0, 0.1) is 6.92 Å². The van der Waals surface area contributed by atoms with Crippen LogP contribution in [0.5, 0.6) is 0 Å². The summed E-state index contributed by atoms with van der Waals surface area (Å²) in [6, 6.07) is 9.38. The van der Waals surface area contributed by atoms with Crippen molar-refractivity contribution in [2.24, 2.45) is 0 Å². The Labute approximate surface area is 130 Å². The SMILES string of the molecule is Cc1ccc(Cl)c(C(=O)O)c1N1C(=O)c2ccccc2C1=O. The van der Waals surface area contributed by atoms with E-state index in [2.05, 4.69) is 0 Å². The van der Waals surface area contributed by atoms with Crippen LogP contribution >= 0.6 is 11.6 Å². The van der Waals surface area contributed by atoms with Crippen LogP contribution in [0.1, 0.15) is 36.6 Å². The van der Waals surface area contributed by atoms with Gasteiger partial charge in [0.1, 0.15) is 5.56 Å². The number of nitrogens with zero attached hydrogens (tertiary/aromatic N) is 1. The maximum absolute atomic E-state index is 12.5. The van der Waals surface area contributed by atoms with Gasteiger partial charge < -0.3 is 5.11 Å². The molecule has 2 aromatic carbocycles. The Bertz CT molecular complexity index is 809. The zero-order valence-electron chi connectivity index (χ0n) is 11.5. The molecule has 2 aromatic rings. The third-order valence-electron chi connectivity index (χ3n) is 3.56. The van der Waals surface area contributed by atoms with E-state index in [1.807, 2.05) is 0 Å². The van der Waals surface area contributed by atoms with E-state index in [9.17, 15) is 19.5 Å². The maximum atomic E-state index is 12.5. The fraction of sp³-hybridized carbons (Fsp3) is 0.0625. The summed E-state index contributed by atoms with van der Waals surface area (Å²) in [5, 5.41) is 9.36. The minimum absolute atomic E-state index is 0.0196. The second-order valence-electron chi connectivity index (χ2n) is 4.88. The number of aromatic carboxylic acids is 1. The Morgan fingerprint density at radius 2 is 1.59 bits per heavy atom. The number of hydrogen-bond donors (Lipinski definition) is 1. The van der Waals surface area contributed by atoms with Crippen LogP contribution in [0.3, 0.4) is 0 Å². The lowest BCUT2D eigenvalue weighted by molar-refractivity contribution is 0.0698. The molecule has 5 nitrogen and oxygen atoms in total. The predicted octanol–water partition coefficient (Wildman–Crippen LogP) is 3.15. The summed E-state index contributed by atoms with van der Waals surface area (Å²) in [6.07, 6.45) is 0. The Balaban J connectivity index is 2.27. The molecule has 1 N–H and O–H groups in total. The largest absolute Gasteiger partial charge is 0.478 e. The molecule has 110 valence electrons. The number of rotatable bonds is 2. The molecule has 0 unspecified atom stereocenters. The van der Waals surface area contributed by atoms with Crippen LogP contribution in [0.25, 0.3) is 0 Å². The molecule has 0 fully saturated rings. The van der Waals surface area contributed by atoms with Gasteiger partial charge >= 0.3 is 5.97 Å². The number of imide groups is 1. The van der Waals surface area contributed by atoms with Gasteiger partial charge in [-0.2, -0.15) is 0 Å². The summed E-state index contributed by atoms with van der Waals surface area (Å²) >= 11 is 5.95. The number of carbonyl (C=O) groups excluding carboxylic acids is 2. The van der Waals surface area contributed by atoms with Crippen molar-refractivity contribution in [2.75, 3.05) is 4.90 Å². The fourth-order valence-corrected chi connectivity index (χ4v) is 2.79. The summed E-state index contributed by atoms with van der Waals surface area (Å²) in [4.78, 5) is 37.4. The molecule has 0 bridgehead atoms. The van der Waals surface area contributed by atoms with Crippen LogP contribution < -0.4 is 4.90 Å². The molecule has 0 aliphatic carbocycles. The third-order valence-corrected chi connectivity index (χ3v) is 3.88. The van der Waals surface area contributed by atoms with Crippen molar-refractivity contribution in [1.29, 1.82) is 0 Å². The van der Waals surface area contributed by atoms with E-state index in [0.717, 1.165) is 4.90 Å². The molecule has 0 aromatic heterocycles.